The average molecular weight is 536 g/mol. The standard InChI is InChI=1S/C36H23F2NSi/c37-24-9-7-11-26(21-24)39(27-12-8-10-25(38)22-27)28-19-20-32-31-15-3-6-18-35(31)40(36(32)23-28)33-16-4-1-13-29(33)30-14-2-5-17-34(30)40/h1-23H. The van der Waals surface area contributed by atoms with Crippen LogP contribution >= 0.6 is 0 Å². The van der Waals surface area contributed by atoms with E-state index in [2.05, 4.69) is 91.0 Å². The number of nitrogens with zero attached hydrogens (tertiary/aromatic N) is 1. The molecule has 1 nitrogen and oxygen atoms in total. The number of rotatable bonds is 3. The minimum atomic E-state index is -2.63. The molecule has 0 aromatic heterocycles. The van der Waals surface area contributed by atoms with Gasteiger partial charge in [0.2, 0.25) is 0 Å². The first-order chi connectivity index (χ1) is 19.7. The first kappa shape index (κ1) is 23.1. The Hall–Kier alpha value is -4.80. The van der Waals surface area contributed by atoms with Crippen molar-refractivity contribution in [3.63, 3.8) is 0 Å². The minimum Gasteiger partial charge on any atom is -0.310 e. The highest BCUT2D eigenvalue weighted by molar-refractivity contribution is 7.24. The van der Waals surface area contributed by atoms with Gasteiger partial charge in [-0.3, -0.25) is 0 Å². The molecule has 8 rings (SSSR count). The van der Waals surface area contributed by atoms with E-state index in [-0.39, 0.29) is 11.6 Å². The van der Waals surface area contributed by atoms with Crippen LogP contribution in [0.4, 0.5) is 25.8 Å². The van der Waals surface area contributed by atoms with Crippen LogP contribution in [0.5, 0.6) is 0 Å². The summed E-state index contributed by atoms with van der Waals surface area (Å²) >= 11 is 0. The van der Waals surface area contributed by atoms with Crippen molar-refractivity contribution >= 4 is 45.9 Å². The summed E-state index contributed by atoms with van der Waals surface area (Å²) in [5.41, 5.74) is 7.25. The van der Waals surface area contributed by atoms with Gasteiger partial charge in [0, 0.05) is 17.1 Å². The van der Waals surface area contributed by atoms with Crippen LogP contribution in [0, 0.1) is 11.6 Å². The van der Waals surface area contributed by atoms with Crippen LogP contribution < -0.4 is 25.6 Å². The van der Waals surface area contributed by atoms with Gasteiger partial charge in [0.1, 0.15) is 11.6 Å². The minimum absolute atomic E-state index is 0.336. The second-order valence-electron chi connectivity index (χ2n) is 10.4. The van der Waals surface area contributed by atoms with Crippen LogP contribution in [0.3, 0.4) is 0 Å². The third-order valence-electron chi connectivity index (χ3n) is 8.37. The van der Waals surface area contributed by atoms with Crippen molar-refractivity contribution in [3.8, 4) is 22.3 Å². The topological polar surface area (TPSA) is 3.24 Å². The van der Waals surface area contributed by atoms with Gasteiger partial charge in [-0.05, 0) is 91.5 Å². The zero-order valence-electron chi connectivity index (χ0n) is 21.5. The van der Waals surface area contributed by atoms with Crippen LogP contribution in [0.25, 0.3) is 22.3 Å². The molecule has 2 heterocycles. The van der Waals surface area contributed by atoms with E-state index >= 15 is 0 Å². The fraction of sp³-hybridized carbons (Fsp3) is 0. The highest BCUT2D eigenvalue weighted by Crippen LogP contribution is 2.40. The Bertz CT molecular complexity index is 1850. The smallest absolute Gasteiger partial charge is 0.182 e. The molecule has 0 fully saturated rings. The highest BCUT2D eigenvalue weighted by Gasteiger charge is 2.53. The van der Waals surface area contributed by atoms with E-state index in [1.54, 1.807) is 12.1 Å². The fourth-order valence-electron chi connectivity index (χ4n) is 6.90. The maximum absolute atomic E-state index is 14.5. The Morgan fingerprint density at radius 2 is 0.800 bits per heavy atom. The van der Waals surface area contributed by atoms with Gasteiger partial charge < -0.3 is 4.90 Å². The van der Waals surface area contributed by atoms with Crippen LogP contribution in [0.1, 0.15) is 0 Å². The summed E-state index contributed by atoms with van der Waals surface area (Å²) in [4.78, 5) is 1.95. The summed E-state index contributed by atoms with van der Waals surface area (Å²) in [5, 5.41) is 5.48. The Morgan fingerprint density at radius 1 is 0.375 bits per heavy atom. The van der Waals surface area contributed by atoms with Gasteiger partial charge >= 0.3 is 0 Å². The first-order valence-corrected chi connectivity index (χ1v) is 15.4. The molecule has 40 heavy (non-hydrogen) atoms. The zero-order valence-corrected chi connectivity index (χ0v) is 22.5. The number of anilines is 3. The van der Waals surface area contributed by atoms with Crippen LogP contribution in [-0.2, 0) is 0 Å². The molecule has 0 unspecified atom stereocenters. The van der Waals surface area contributed by atoms with Gasteiger partial charge in [0.05, 0.1) is 0 Å². The molecule has 0 aliphatic carbocycles. The van der Waals surface area contributed by atoms with Crippen molar-refractivity contribution in [2.24, 2.45) is 0 Å². The van der Waals surface area contributed by atoms with Crippen molar-refractivity contribution in [1.82, 2.24) is 0 Å². The summed E-state index contributed by atoms with van der Waals surface area (Å²) in [7, 11) is -2.63. The number of hydrogen-bond donors (Lipinski definition) is 0. The SMILES string of the molecule is Fc1cccc(N(c2cccc(F)c2)c2ccc3c(c2)[Si]2(c4ccccc4-c4ccccc42)c2ccccc2-3)c1. The van der Waals surface area contributed by atoms with Crippen molar-refractivity contribution in [1.29, 1.82) is 0 Å². The molecular formula is C36H23F2NSi. The second-order valence-corrected chi connectivity index (χ2v) is 14.1. The van der Waals surface area contributed by atoms with E-state index in [0.29, 0.717) is 11.4 Å². The third-order valence-corrected chi connectivity index (χ3v) is 13.3. The van der Waals surface area contributed by atoms with Crippen molar-refractivity contribution in [2.45, 2.75) is 0 Å². The van der Waals surface area contributed by atoms with E-state index < -0.39 is 8.07 Å². The number of halogens is 2. The van der Waals surface area contributed by atoms with E-state index in [1.165, 1.54) is 67.3 Å². The fourth-order valence-corrected chi connectivity index (χ4v) is 12.5. The lowest BCUT2D eigenvalue weighted by Crippen LogP contribution is -2.70. The summed E-state index contributed by atoms with van der Waals surface area (Å²) in [5.74, 6) is -0.672. The molecule has 0 N–H and O–H groups in total. The Labute approximate surface area is 232 Å². The molecule has 0 amide bonds. The molecule has 190 valence electrons. The molecule has 6 aromatic carbocycles. The quantitative estimate of drug-likeness (QED) is 0.226. The van der Waals surface area contributed by atoms with Gasteiger partial charge in [0.15, 0.2) is 8.07 Å². The Balaban J connectivity index is 1.45. The molecule has 2 aliphatic heterocycles. The monoisotopic (exact) mass is 535 g/mol. The van der Waals surface area contributed by atoms with Crippen LogP contribution in [0.2, 0.25) is 0 Å². The molecule has 0 atom stereocenters. The zero-order chi connectivity index (χ0) is 26.8. The molecule has 4 heteroatoms. The highest BCUT2D eigenvalue weighted by atomic mass is 28.3. The van der Waals surface area contributed by atoms with Crippen molar-refractivity contribution in [3.05, 3.63) is 151 Å². The lowest BCUT2D eigenvalue weighted by Gasteiger charge is -2.30. The lowest BCUT2D eigenvalue weighted by atomic mass is 10.0. The molecule has 0 saturated carbocycles. The van der Waals surface area contributed by atoms with E-state index in [1.807, 2.05) is 17.0 Å². The van der Waals surface area contributed by atoms with E-state index in [0.717, 1.165) is 5.69 Å². The number of fused-ring (bicyclic) bond motifs is 10. The number of benzene rings is 6. The van der Waals surface area contributed by atoms with Crippen LogP contribution in [0.15, 0.2) is 140 Å². The largest absolute Gasteiger partial charge is 0.310 e. The van der Waals surface area contributed by atoms with Gasteiger partial charge in [-0.15, -0.1) is 0 Å². The van der Waals surface area contributed by atoms with Crippen molar-refractivity contribution < 1.29 is 8.78 Å². The molecule has 2 aliphatic rings. The molecular weight excluding hydrogens is 512 g/mol. The van der Waals surface area contributed by atoms with Gasteiger partial charge in [0.25, 0.3) is 0 Å². The summed E-state index contributed by atoms with van der Waals surface area (Å²) < 4.78 is 29.0. The lowest BCUT2D eigenvalue weighted by molar-refractivity contribution is 0.627. The summed E-state index contributed by atoms with van der Waals surface area (Å²) in [6.07, 6.45) is 0. The maximum atomic E-state index is 14.5. The van der Waals surface area contributed by atoms with Crippen LogP contribution in [-0.4, -0.2) is 8.07 Å². The average Bonchev–Trinajstić information content (AvgIpc) is 3.45. The number of hydrogen-bond acceptors (Lipinski definition) is 1. The predicted octanol–water partition coefficient (Wildman–Crippen LogP) is 6.77. The molecule has 0 radical (unpaired) electrons. The van der Waals surface area contributed by atoms with Gasteiger partial charge in [-0.2, -0.15) is 0 Å². The summed E-state index contributed by atoms with van der Waals surface area (Å²) in [6, 6.07) is 46.0. The molecule has 0 bridgehead atoms. The van der Waals surface area contributed by atoms with Gasteiger partial charge in [-0.1, -0.05) is 91.0 Å². The normalized spacial score (nSPS) is 13.4. The summed E-state index contributed by atoms with van der Waals surface area (Å²) in [6.45, 7) is 0. The molecule has 1 spiro atoms. The Morgan fingerprint density at radius 3 is 1.27 bits per heavy atom. The third kappa shape index (κ3) is 3.11. The van der Waals surface area contributed by atoms with Crippen molar-refractivity contribution in [2.75, 3.05) is 4.90 Å². The predicted molar refractivity (Wildman–Crippen MR) is 163 cm³/mol. The first-order valence-electron chi connectivity index (χ1n) is 13.4. The van der Waals surface area contributed by atoms with Gasteiger partial charge in [-0.25, -0.2) is 8.78 Å². The molecule has 6 aromatic rings. The Kier molecular flexibility index (Phi) is 4.97. The second kappa shape index (κ2) is 8.60. The van der Waals surface area contributed by atoms with E-state index in [4.69, 9.17) is 0 Å². The van der Waals surface area contributed by atoms with E-state index in [9.17, 15) is 8.78 Å². The maximum Gasteiger partial charge on any atom is 0.182 e. The molecule has 0 saturated heterocycles.